The zero-order valence-corrected chi connectivity index (χ0v) is 17.0. The van der Waals surface area contributed by atoms with Crippen molar-refractivity contribution in [2.24, 2.45) is 7.05 Å². The molecule has 1 aromatic heterocycles. The van der Waals surface area contributed by atoms with Gasteiger partial charge in [-0.3, -0.25) is 14.4 Å². The molecule has 3 aromatic rings. The van der Waals surface area contributed by atoms with Gasteiger partial charge in [-0.25, -0.2) is 0 Å². The van der Waals surface area contributed by atoms with Crippen molar-refractivity contribution in [3.63, 3.8) is 0 Å². The number of carbonyl (C=O) groups is 1. The van der Waals surface area contributed by atoms with Gasteiger partial charge in [-0.2, -0.15) is 5.10 Å². The first-order chi connectivity index (χ1) is 14.2. The highest BCUT2D eigenvalue weighted by Crippen LogP contribution is 2.27. The van der Waals surface area contributed by atoms with Crippen LogP contribution in [0.1, 0.15) is 46.4 Å². The highest BCUT2D eigenvalue weighted by atomic mass is 16.1. The molecular weight excluding hydrogens is 360 g/mol. The minimum atomic E-state index is -0.0253. The van der Waals surface area contributed by atoms with Gasteiger partial charge in [0.15, 0.2) is 0 Å². The first-order valence-corrected chi connectivity index (χ1v) is 10.7. The summed E-state index contributed by atoms with van der Waals surface area (Å²) in [5, 5.41) is 8.73. The van der Waals surface area contributed by atoms with Crippen LogP contribution < -0.4 is 5.32 Å². The number of para-hydroxylation sites is 1. The topological polar surface area (TPSA) is 50.2 Å². The number of aryl methyl sites for hydroxylation is 1. The van der Waals surface area contributed by atoms with Gasteiger partial charge in [-0.05, 0) is 55.0 Å². The summed E-state index contributed by atoms with van der Waals surface area (Å²) >= 11 is 0. The van der Waals surface area contributed by atoms with Crippen molar-refractivity contribution in [2.45, 2.75) is 44.7 Å². The number of benzene rings is 2. The number of hydrogen-bond donors (Lipinski definition) is 1. The fourth-order valence-electron chi connectivity index (χ4n) is 4.69. The second kappa shape index (κ2) is 7.64. The van der Waals surface area contributed by atoms with Gasteiger partial charge in [0.25, 0.3) is 5.91 Å². The van der Waals surface area contributed by atoms with Crippen LogP contribution in [0.3, 0.4) is 0 Å². The van der Waals surface area contributed by atoms with E-state index in [-0.39, 0.29) is 5.91 Å². The van der Waals surface area contributed by atoms with Crippen molar-refractivity contribution in [3.8, 4) is 0 Å². The van der Waals surface area contributed by atoms with Gasteiger partial charge >= 0.3 is 0 Å². The number of nitrogens with zero attached hydrogens (tertiary/aromatic N) is 3. The molecule has 1 amide bonds. The van der Waals surface area contributed by atoms with Crippen LogP contribution in [0.2, 0.25) is 0 Å². The van der Waals surface area contributed by atoms with Crippen molar-refractivity contribution in [2.75, 3.05) is 13.1 Å². The van der Waals surface area contributed by atoms with E-state index in [4.69, 9.17) is 0 Å². The molecule has 29 heavy (non-hydrogen) atoms. The van der Waals surface area contributed by atoms with Crippen LogP contribution in [0.5, 0.6) is 0 Å². The van der Waals surface area contributed by atoms with Crippen LogP contribution in [-0.4, -0.2) is 39.7 Å². The summed E-state index contributed by atoms with van der Waals surface area (Å²) in [5.74, 6) is -0.0253. The number of amides is 1. The van der Waals surface area contributed by atoms with E-state index in [1.54, 1.807) is 0 Å². The van der Waals surface area contributed by atoms with Gasteiger partial charge < -0.3 is 5.32 Å². The van der Waals surface area contributed by atoms with Crippen LogP contribution >= 0.6 is 0 Å². The zero-order valence-electron chi connectivity index (χ0n) is 17.0. The van der Waals surface area contributed by atoms with Gasteiger partial charge in [-0.1, -0.05) is 30.7 Å². The number of carbonyl (C=O) groups excluding carboxylic acids is 1. The number of hydrogen-bond acceptors (Lipinski definition) is 3. The van der Waals surface area contributed by atoms with Crippen LogP contribution in [-0.2, 0) is 26.4 Å². The largest absolute Gasteiger partial charge is 0.346 e. The lowest BCUT2D eigenvalue weighted by Crippen LogP contribution is -2.41. The van der Waals surface area contributed by atoms with Crippen molar-refractivity contribution in [1.29, 1.82) is 0 Å². The van der Waals surface area contributed by atoms with E-state index in [0.29, 0.717) is 6.54 Å². The summed E-state index contributed by atoms with van der Waals surface area (Å²) in [6.45, 7) is 2.70. The standard InChI is InChI=1S/C24H28N4O/c1-27-23-8-3-2-7-21(23)22(26-27)16-25-24(29)19-10-9-17-11-13-28(20-5-4-6-20)14-12-18(17)15-19/h2-3,7-10,15,20H,4-6,11-14,16H2,1H3,(H,25,29). The lowest BCUT2D eigenvalue weighted by Gasteiger charge is -2.36. The van der Waals surface area contributed by atoms with E-state index in [2.05, 4.69) is 33.5 Å². The molecular formula is C24H28N4O. The summed E-state index contributed by atoms with van der Waals surface area (Å²) in [5.41, 5.74) is 5.48. The molecule has 150 valence electrons. The van der Waals surface area contributed by atoms with E-state index >= 15 is 0 Å². The van der Waals surface area contributed by atoms with Crippen molar-refractivity contribution >= 4 is 16.8 Å². The van der Waals surface area contributed by atoms with Crippen LogP contribution in [0.15, 0.2) is 42.5 Å². The molecule has 5 rings (SSSR count). The van der Waals surface area contributed by atoms with Gasteiger partial charge in [0.05, 0.1) is 17.8 Å². The van der Waals surface area contributed by atoms with Gasteiger partial charge in [0.2, 0.25) is 0 Å². The monoisotopic (exact) mass is 388 g/mol. The molecule has 2 heterocycles. The third-order valence-corrected chi connectivity index (χ3v) is 6.65. The predicted molar refractivity (Wildman–Crippen MR) is 115 cm³/mol. The average Bonchev–Trinajstić information content (AvgIpc) is 2.88. The summed E-state index contributed by atoms with van der Waals surface area (Å²) in [6, 6.07) is 15.1. The Morgan fingerprint density at radius 2 is 1.90 bits per heavy atom. The van der Waals surface area contributed by atoms with E-state index in [1.165, 1.54) is 30.4 Å². The second-order valence-electron chi connectivity index (χ2n) is 8.37. The molecule has 2 aliphatic rings. The smallest absolute Gasteiger partial charge is 0.251 e. The maximum atomic E-state index is 12.8. The average molecular weight is 389 g/mol. The van der Waals surface area contributed by atoms with Crippen molar-refractivity contribution < 1.29 is 4.79 Å². The predicted octanol–water partition coefficient (Wildman–Crippen LogP) is 3.46. The summed E-state index contributed by atoms with van der Waals surface area (Å²) in [6.07, 6.45) is 6.22. The molecule has 1 aliphatic heterocycles. The summed E-state index contributed by atoms with van der Waals surface area (Å²) < 4.78 is 1.87. The zero-order chi connectivity index (χ0) is 19.8. The Kier molecular flexibility index (Phi) is 4.84. The Labute approximate surface area is 171 Å². The van der Waals surface area contributed by atoms with Gasteiger partial charge in [-0.15, -0.1) is 0 Å². The van der Waals surface area contributed by atoms with Crippen molar-refractivity contribution in [3.05, 3.63) is 64.8 Å². The molecule has 5 heteroatoms. The molecule has 1 N–H and O–H groups in total. The molecule has 0 radical (unpaired) electrons. The number of aromatic nitrogens is 2. The number of rotatable bonds is 4. The molecule has 5 nitrogen and oxygen atoms in total. The van der Waals surface area contributed by atoms with E-state index in [9.17, 15) is 4.79 Å². The molecule has 0 spiro atoms. The Morgan fingerprint density at radius 1 is 1.10 bits per heavy atom. The molecule has 2 aromatic carbocycles. The normalized spacial score (nSPS) is 17.6. The van der Waals surface area contributed by atoms with Crippen LogP contribution in [0, 0.1) is 0 Å². The minimum absolute atomic E-state index is 0.0253. The molecule has 1 fully saturated rings. The Hall–Kier alpha value is -2.66. The van der Waals surface area contributed by atoms with Gasteiger partial charge in [0, 0.05) is 37.1 Å². The molecule has 1 aliphatic carbocycles. The maximum absolute atomic E-state index is 12.8. The third-order valence-electron chi connectivity index (χ3n) is 6.65. The van der Waals surface area contributed by atoms with E-state index in [1.807, 2.05) is 36.0 Å². The lowest BCUT2D eigenvalue weighted by atomic mass is 9.91. The SMILES string of the molecule is Cn1nc(CNC(=O)c2ccc3c(c2)CCN(C2CCC2)CC3)c2ccccc21. The van der Waals surface area contributed by atoms with E-state index < -0.39 is 0 Å². The number of nitrogens with one attached hydrogen (secondary N) is 1. The molecule has 0 atom stereocenters. The first kappa shape index (κ1) is 18.4. The molecule has 1 saturated carbocycles. The number of fused-ring (bicyclic) bond motifs is 2. The van der Waals surface area contributed by atoms with Gasteiger partial charge in [0.1, 0.15) is 0 Å². The highest BCUT2D eigenvalue weighted by molar-refractivity contribution is 5.94. The molecule has 0 saturated heterocycles. The Balaban J connectivity index is 1.28. The Bertz CT molecular complexity index is 1050. The lowest BCUT2D eigenvalue weighted by molar-refractivity contribution is 0.0950. The minimum Gasteiger partial charge on any atom is -0.346 e. The van der Waals surface area contributed by atoms with Crippen molar-refractivity contribution in [1.82, 2.24) is 20.0 Å². The third kappa shape index (κ3) is 3.55. The van der Waals surface area contributed by atoms with Crippen LogP contribution in [0.4, 0.5) is 0 Å². The highest BCUT2D eigenvalue weighted by Gasteiger charge is 2.26. The van der Waals surface area contributed by atoms with Crippen LogP contribution in [0.25, 0.3) is 10.9 Å². The quantitative estimate of drug-likeness (QED) is 0.745. The molecule has 0 bridgehead atoms. The summed E-state index contributed by atoms with van der Waals surface area (Å²) in [7, 11) is 1.94. The Morgan fingerprint density at radius 3 is 2.69 bits per heavy atom. The van der Waals surface area contributed by atoms with E-state index in [0.717, 1.165) is 54.1 Å². The molecule has 0 unspecified atom stereocenters. The fourth-order valence-corrected chi connectivity index (χ4v) is 4.69. The fraction of sp³-hybridized carbons (Fsp3) is 0.417. The second-order valence-corrected chi connectivity index (χ2v) is 8.37. The first-order valence-electron chi connectivity index (χ1n) is 10.7. The summed E-state index contributed by atoms with van der Waals surface area (Å²) in [4.78, 5) is 15.5. The maximum Gasteiger partial charge on any atom is 0.251 e.